The lowest BCUT2D eigenvalue weighted by molar-refractivity contribution is 0.241. The van der Waals surface area contributed by atoms with Crippen molar-refractivity contribution in [2.75, 3.05) is 13.3 Å². The van der Waals surface area contributed by atoms with Gasteiger partial charge in [-0.15, -0.1) is 0 Å². The fourth-order valence-electron chi connectivity index (χ4n) is 2.37. The molecule has 3 nitrogen and oxygen atoms in total. The molecule has 0 saturated heterocycles. The van der Waals surface area contributed by atoms with E-state index in [-0.39, 0.29) is 11.5 Å². The number of unbranched alkanes of at least 4 members (excludes halogenated alkanes) is 6. The minimum atomic E-state index is -3.66. The van der Waals surface area contributed by atoms with Crippen LogP contribution in [0.25, 0.3) is 0 Å². The number of hydrogen-bond acceptors (Lipinski definition) is 3. The molecular formula is C18H28F2O3S. The fourth-order valence-corrected chi connectivity index (χ4v) is 3.31. The number of rotatable bonds is 13. The van der Waals surface area contributed by atoms with Crippen LogP contribution in [-0.2, 0) is 14.3 Å². The van der Waals surface area contributed by atoms with Crippen LogP contribution in [0.5, 0.6) is 0 Å². The highest BCUT2D eigenvalue weighted by atomic mass is 32.2. The summed E-state index contributed by atoms with van der Waals surface area (Å²) in [5, 5.41) is 0. The van der Waals surface area contributed by atoms with Gasteiger partial charge in [0.15, 0.2) is 0 Å². The van der Waals surface area contributed by atoms with E-state index in [0.29, 0.717) is 12.8 Å². The summed E-state index contributed by atoms with van der Waals surface area (Å²) in [5.41, 5.74) is 1.00. The molecule has 1 aromatic carbocycles. The molecule has 0 aliphatic carbocycles. The van der Waals surface area contributed by atoms with Crippen LogP contribution >= 0.6 is 0 Å². The summed E-state index contributed by atoms with van der Waals surface area (Å²) in [6.07, 6.45) is 5.26. The Morgan fingerprint density at radius 3 is 2.08 bits per heavy atom. The maximum absolute atomic E-state index is 12.6. The van der Waals surface area contributed by atoms with Gasteiger partial charge in [-0.2, -0.15) is 8.42 Å². The molecule has 0 heterocycles. The van der Waals surface area contributed by atoms with E-state index in [4.69, 9.17) is 4.18 Å². The Kier molecular flexibility index (Phi) is 10.1. The third-order valence-corrected chi connectivity index (χ3v) is 5.20. The lowest BCUT2D eigenvalue weighted by atomic mass is 10.1. The molecule has 0 amide bonds. The number of halogens is 2. The van der Waals surface area contributed by atoms with E-state index in [2.05, 4.69) is 0 Å². The predicted molar refractivity (Wildman–Crippen MR) is 92.1 cm³/mol. The van der Waals surface area contributed by atoms with Gasteiger partial charge in [-0.1, -0.05) is 56.2 Å². The van der Waals surface area contributed by atoms with Gasteiger partial charge >= 0.3 is 0 Å². The van der Waals surface area contributed by atoms with Crippen molar-refractivity contribution in [2.45, 2.75) is 69.4 Å². The molecule has 0 radical (unpaired) electrons. The molecule has 138 valence electrons. The van der Waals surface area contributed by atoms with Gasteiger partial charge in [0.05, 0.1) is 11.5 Å². The summed E-state index contributed by atoms with van der Waals surface area (Å²) in [5.74, 6) is 0. The highest BCUT2D eigenvalue weighted by Gasteiger charge is 2.14. The van der Waals surface area contributed by atoms with Crippen LogP contribution in [0.2, 0.25) is 0 Å². The lowest BCUT2D eigenvalue weighted by Crippen LogP contribution is -2.07. The first kappa shape index (κ1) is 21.0. The second-order valence-corrected chi connectivity index (χ2v) is 7.72. The van der Waals surface area contributed by atoms with E-state index in [1.165, 1.54) is 0 Å². The van der Waals surface area contributed by atoms with Crippen molar-refractivity contribution in [1.29, 1.82) is 0 Å². The zero-order valence-corrected chi connectivity index (χ0v) is 15.2. The van der Waals surface area contributed by atoms with Crippen LogP contribution < -0.4 is 0 Å². The van der Waals surface area contributed by atoms with E-state index >= 15 is 0 Å². The molecule has 0 N–H and O–H groups in total. The number of aryl methyl sites for hydroxylation is 1. The standard InChI is InChI=1S/C18H28F2O3S/c1-16-10-12-18(13-11-16)24(21,22)23-14-8-6-4-2-3-5-7-9-17(20)15-19/h10-13,17H,2-9,14-15H2,1H3/t17-/m0/s1. The van der Waals surface area contributed by atoms with Crippen molar-refractivity contribution < 1.29 is 21.4 Å². The third kappa shape index (κ3) is 8.73. The maximum atomic E-state index is 12.6. The Morgan fingerprint density at radius 2 is 1.50 bits per heavy atom. The van der Waals surface area contributed by atoms with Crippen LogP contribution in [0.1, 0.15) is 56.9 Å². The molecule has 0 aliphatic heterocycles. The van der Waals surface area contributed by atoms with Crippen molar-refractivity contribution in [1.82, 2.24) is 0 Å². The van der Waals surface area contributed by atoms with E-state index in [0.717, 1.165) is 44.1 Å². The van der Waals surface area contributed by atoms with Crippen molar-refractivity contribution in [3.8, 4) is 0 Å². The number of hydrogen-bond donors (Lipinski definition) is 0. The third-order valence-electron chi connectivity index (χ3n) is 3.88. The Hall–Kier alpha value is -1.01. The molecule has 0 fully saturated rings. The Bertz CT molecular complexity index is 544. The summed E-state index contributed by atoms with van der Waals surface area (Å²) in [6.45, 7) is 1.20. The smallest absolute Gasteiger partial charge is 0.266 e. The monoisotopic (exact) mass is 362 g/mol. The fraction of sp³-hybridized carbons (Fsp3) is 0.667. The molecule has 0 unspecified atom stereocenters. The van der Waals surface area contributed by atoms with Gasteiger partial charge in [-0.25, -0.2) is 8.78 Å². The van der Waals surface area contributed by atoms with Crippen molar-refractivity contribution in [3.05, 3.63) is 29.8 Å². The van der Waals surface area contributed by atoms with Gasteiger partial charge in [0.1, 0.15) is 12.8 Å². The zero-order valence-electron chi connectivity index (χ0n) is 14.3. The molecule has 6 heteroatoms. The second-order valence-electron chi connectivity index (χ2n) is 6.10. The largest absolute Gasteiger partial charge is 0.296 e. The molecule has 0 spiro atoms. The molecule has 0 saturated carbocycles. The van der Waals surface area contributed by atoms with Gasteiger partial charge in [0.2, 0.25) is 0 Å². The summed E-state index contributed by atoms with van der Waals surface area (Å²) in [4.78, 5) is 0.188. The molecule has 0 aromatic heterocycles. The van der Waals surface area contributed by atoms with Gasteiger partial charge in [-0.3, -0.25) is 4.18 Å². The molecule has 0 aliphatic rings. The van der Waals surface area contributed by atoms with Crippen molar-refractivity contribution in [3.63, 3.8) is 0 Å². The molecule has 24 heavy (non-hydrogen) atoms. The van der Waals surface area contributed by atoms with Gasteiger partial charge in [-0.05, 0) is 31.9 Å². The SMILES string of the molecule is Cc1ccc(S(=O)(=O)OCCCCCCCCC[C@H](F)CF)cc1. The van der Waals surface area contributed by atoms with Crippen LogP contribution in [0.4, 0.5) is 8.78 Å². The second kappa shape index (κ2) is 11.5. The topological polar surface area (TPSA) is 43.4 Å². The highest BCUT2D eigenvalue weighted by Crippen LogP contribution is 2.15. The number of alkyl halides is 2. The quantitative estimate of drug-likeness (QED) is 0.361. The highest BCUT2D eigenvalue weighted by molar-refractivity contribution is 7.86. The lowest BCUT2D eigenvalue weighted by Gasteiger charge is -2.06. The van der Waals surface area contributed by atoms with E-state index < -0.39 is 23.0 Å². The average molecular weight is 362 g/mol. The first-order chi connectivity index (χ1) is 11.5. The van der Waals surface area contributed by atoms with Crippen molar-refractivity contribution in [2.24, 2.45) is 0 Å². The van der Waals surface area contributed by atoms with E-state index in [9.17, 15) is 17.2 Å². The summed E-state index contributed by atoms with van der Waals surface area (Å²) < 4.78 is 53.5. The van der Waals surface area contributed by atoms with Crippen LogP contribution in [0, 0.1) is 6.92 Å². The minimum Gasteiger partial charge on any atom is -0.266 e. The molecule has 1 rings (SSSR count). The zero-order chi connectivity index (χ0) is 17.8. The number of benzene rings is 1. The Morgan fingerprint density at radius 1 is 0.958 bits per heavy atom. The van der Waals surface area contributed by atoms with E-state index in [1.54, 1.807) is 24.3 Å². The van der Waals surface area contributed by atoms with Crippen molar-refractivity contribution >= 4 is 10.1 Å². The predicted octanol–water partition coefficient (Wildman–Crippen LogP) is 5.13. The first-order valence-corrected chi connectivity index (χ1v) is 10.0. The molecule has 0 bridgehead atoms. The maximum Gasteiger partial charge on any atom is 0.296 e. The van der Waals surface area contributed by atoms with Crippen LogP contribution in [0.3, 0.4) is 0 Å². The van der Waals surface area contributed by atoms with Gasteiger partial charge in [0.25, 0.3) is 10.1 Å². The normalized spacial score (nSPS) is 13.1. The molecular weight excluding hydrogens is 334 g/mol. The Labute approximate surface area is 144 Å². The van der Waals surface area contributed by atoms with Gasteiger partial charge in [0, 0.05) is 0 Å². The first-order valence-electron chi connectivity index (χ1n) is 8.62. The summed E-state index contributed by atoms with van der Waals surface area (Å²) >= 11 is 0. The van der Waals surface area contributed by atoms with E-state index in [1.807, 2.05) is 6.92 Å². The Balaban J connectivity index is 2.04. The molecule has 1 aromatic rings. The average Bonchev–Trinajstić information content (AvgIpc) is 2.56. The molecule has 1 atom stereocenters. The minimum absolute atomic E-state index is 0.188. The summed E-state index contributed by atoms with van der Waals surface area (Å²) in [6, 6.07) is 6.59. The summed E-state index contributed by atoms with van der Waals surface area (Å²) in [7, 11) is -3.66. The van der Waals surface area contributed by atoms with Gasteiger partial charge < -0.3 is 0 Å². The van der Waals surface area contributed by atoms with Crippen LogP contribution in [-0.4, -0.2) is 27.9 Å². The van der Waals surface area contributed by atoms with Crippen LogP contribution in [0.15, 0.2) is 29.2 Å².